The van der Waals surface area contributed by atoms with Crippen LogP contribution >= 0.6 is 0 Å². The van der Waals surface area contributed by atoms with E-state index in [0.717, 1.165) is 58.4 Å². The van der Waals surface area contributed by atoms with Crippen LogP contribution in [0.25, 0.3) is 0 Å². The number of piperazine rings is 1. The molecule has 3 aliphatic rings. The standard InChI is InChI=1S/C24H34FN3O4/c25-19-4-1-2-5-20(19)28-15-13-27(14-16-28)12-9-18-7-10-24(11-8-18,23(26)30)32-22(29)21-6-3-17-31-21/h1-2,4-5,18,21H,3,6-17H2,(H2,26,30). The van der Waals surface area contributed by atoms with Crippen molar-refractivity contribution in [2.24, 2.45) is 11.7 Å². The first-order valence-corrected chi connectivity index (χ1v) is 11.8. The van der Waals surface area contributed by atoms with Crippen LogP contribution in [0, 0.1) is 11.7 Å². The molecule has 1 atom stereocenters. The van der Waals surface area contributed by atoms with Gasteiger partial charge in [-0.3, -0.25) is 9.69 Å². The summed E-state index contributed by atoms with van der Waals surface area (Å²) >= 11 is 0. The molecule has 2 heterocycles. The third-order valence-corrected chi connectivity index (χ3v) is 7.27. The fourth-order valence-corrected chi connectivity index (χ4v) is 5.14. The summed E-state index contributed by atoms with van der Waals surface area (Å²) < 4.78 is 25.1. The molecule has 3 fully saturated rings. The first kappa shape index (κ1) is 23.0. The second-order valence-corrected chi connectivity index (χ2v) is 9.29. The number of rotatable bonds is 7. The number of benzene rings is 1. The molecule has 1 aliphatic carbocycles. The van der Waals surface area contributed by atoms with Gasteiger partial charge in [0, 0.05) is 32.8 Å². The largest absolute Gasteiger partial charge is 0.447 e. The zero-order valence-corrected chi connectivity index (χ0v) is 18.6. The molecule has 2 saturated heterocycles. The number of esters is 1. The van der Waals surface area contributed by atoms with Crippen LogP contribution in [-0.2, 0) is 19.1 Å². The Labute approximate surface area is 189 Å². The van der Waals surface area contributed by atoms with Crippen molar-refractivity contribution in [2.45, 2.75) is 56.7 Å². The molecule has 32 heavy (non-hydrogen) atoms. The van der Waals surface area contributed by atoms with Gasteiger partial charge in [-0.2, -0.15) is 0 Å². The molecule has 0 bridgehead atoms. The van der Waals surface area contributed by atoms with E-state index in [9.17, 15) is 14.0 Å². The van der Waals surface area contributed by atoms with E-state index in [4.69, 9.17) is 15.2 Å². The molecule has 1 aromatic rings. The predicted octanol–water partition coefficient (Wildman–Crippen LogP) is 2.47. The molecule has 1 amide bonds. The number of anilines is 1. The van der Waals surface area contributed by atoms with E-state index < -0.39 is 23.6 Å². The van der Waals surface area contributed by atoms with E-state index in [1.54, 1.807) is 6.07 Å². The maximum Gasteiger partial charge on any atom is 0.336 e. The Hall–Kier alpha value is -2.19. The summed E-state index contributed by atoms with van der Waals surface area (Å²) in [4.78, 5) is 29.1. The van der Waals surface area contributed by atoms with Gasteiger partial charge in [-0.05, 0) is 69.5 Å². The molecule has 2 aliphatic heterocycles. The van der Waals surface area contributed by atoms with Crippen LogP contribution in [0.4, 0.5) is 10.1 Å². The molecule has 1 saturated carbocycles. The highest BCUT2D eigenvalue weighted by Crippen LogP contribution is 2.37. The van der Waals surface area contributed by atoms with Crippen molar-refractivity contribution in [2.75, 3.05) is 44.2 Å². The summed E-state index contributed by atoms with van der Waals surface area (Å²) in [5, 5.41) is 0. The van der Waals surface area contributed by atoms with Gasteiger partial charge in [-0.15, -0.1) is 0 Å². The molecule has 8 heteroatoms. The first-order valence-electron chi connectivity index (χ1n) is 11.8. The minimum atomic E-state index is -1.19. The van der Waals surface area contributed by atoms with Gasteiger partial charge in [0.15, 0.2) is 11.7 Å². The Morgan fingerprint density at radius 3 is 2.47 bits per heavy atom. The van der Waals surface area contributed by atoms with Crippen LogP contribution < -0.4 is 10.6 Å². The van der Waals surface area contributed by atoms with E-state index in [1.165, 1.54) is 6.07 Å². The topological polar surface area (TPSA) is 85.1 Å². The van der Waals surface area contributed by atoms with Gasteiger partial charge in [0.25, 0.3) is 5.91 Å². The minimum absolute atomic E-state index is 0.165. The minimum Gasteiger partial charge on any atom is -0.447 e. The van der Waals surface area contributed by atoms with Crippen LogP contribution in [0.1, 0.15) is 44.9 Å². The van der Waals surface area contributed by atoms with Crippen LogP contribution in [0.5, 0.6) is 0 Å². The number of primary amides is 1. The fraction of sp³-hybridized carbons (Fsp3) is 0.667. The second-order valence-electron chi connectivity index (χ2n) is 9.29. The molecule has 0 radical (unpaired) electrons. The zero-order chi connectivity index (χ0) is 22.6. The Bertz CT molecular complexity index is 798. The highest BCUT2D eigenvalue weighted by atomic mass is 19.1. The van der Waals surface area contributed by atoms with Crippen molar-refractivity contribution < 1.29 is 23.5 Å². The summed E-state index contributed by atoms with van der Waals surface area (Å²) in [6.07, 6.45) is 4.54. The number of hydrogen-bond acceptors (Lipinski definition) is 6. The normalized spacial score (nSPS) is 29.1. The number of hydrogen-bond donors (Lipinski definition) is 1. The van der Waals surface area contributed by atoms with Gasteiger partial charge in [0.1, 0.15) is 5.82 Å². The number of ether oxygens (including phenoxy) is 2. The average Bonchev–Trinajstić information content (AvgIpc) is 3.35. The van der Waals surface area contributed by atoms with Gasteiger partial charge < -0.3 is 20.1 Å². The SMILES string of the molecule is NC(=O)C1(OC(=O)C2CCCO2)CCC(CCN2CCN(c3ccccc3F)CC2)CC1. The summed E-state index contributed by atoms with van der Waals surface area (Å²) in [5.74, 6) is -0.686. The lowest BCUT2D eigenvalue weighted by Gasteiger charge is -2.39. The molecule has 1 unspecified atom stereocenters. The Kier molecular flexibility index (Phi) is 7.30. The van der Waals surface area contributed by atoms with Gasteiger partial charge in [0.05, 0.1) is 5.69 Å². The van der Waals surface area contributed by atoms with Crippen molar-refractivity contribution in [1.82, 2.24) is 4.90 Å². The average molecular weight is 448 g/mol. The van der Waals surface area contributed by atoms with Crippen molar-refractivity contribution >= 4 is 17.6 Å². The second kappa shape index (κ2) is 10.2. The maximum atomic E-state index is 14.0. The number of amides is 1. The van der Waals surface area contributed by atoms with E-state index in [2.05, 4.69) is 9.80 Å². The lowest BCUT2D eigenvalue weighted by atomic mass is 9.77. The molecular weight excluding hydrogens is 413 g/mol. The lowest BCUT2D eigenvalue weighted by Crippen LogP contribution is -2.51. The summed E-state index contributed by atoms with van der Waals surface area (Å²) in [7, 11) is 0. The molecule has 1 aromatic carbocycles. The lowest BCUT2D eigenvalue weighted by molar-refractivity contribution is -0.180. The highest BCUT2D eigenvalue weighted by Gasteiger charge is 2.45. The van der Waals surface area contributed by atoms with Crippen LogP contribution in [0.2, 0.25) is 0 Å². The highest BCUT2D eigenvalue weighted by molar-refractivity contribution is 5.87. The number of carbonyl (C=O) groups excluding carboxylic acids is 2. The number of nitrogens with zero attached hydrogens (tertiary/aromatic N) is 2. The third kappa shape index (κ3) is 5.23. The maximum absolute atomic E-state index is 14.0. The molecule has 7 nitrogen and oxygen atoms in total. The molecule has 2 N–H and O–H groups in total. The molecule has 176 valence electrons. The van der Waals surface area contributed by atoms with E-state index >= 15 is 0 Å². The summed E-state index contributed by atoms with van der Waals surface area (Å²) in [5.41, 5.74) is 5.15. The van der Waals surface area contributed by atoms with Crippen LogP contribution in [0.15, 0.2) is 24.3 Å². The molecular formula is C24H34FN3O4. The molecule has 4 rings (SSSR count). The first-order chi connectivity index (χ1) is 15.5. The number of carbonyl (C=O) groups is 2. The quantitative estimate of drug-likeness (QED) is 0.647. The summed E-state index contributed by atoms with van der Waals surface area (Å²) in [6, 6.07) is 6.94. The van der Waals surface area contributed by atoms with Crippen molar-refractivity contribution in [1.29, 1.82) is 0 Å². The number of para-hydroxylation sites is 1. The van der Waals surface area contributed by atoms with Crippen molar-refractivity contribution in [3.8, 4) is 0 Å². The van der Waals surface area contributed by atoms with E-state index in [-0.39, 0.29) is 5.82 Å². The summed E-state index contributed by atoms with van der Waals surface area (Å²) in [6.45, 7) is 4.98. The third-order valence-electron chi connectivity index (χ3n) is 7.27. The van der Waals surface area contributed by atoms with Gasteiger partial charge >= 0.3 is 5.97 Å². The molecule has 0 spiro atoms. The van der Waals surface area contributed by atoms with Gasteiger partial charge in [-0.1, -0.05) is 12.1 Å². The molecule has 0 aromatic heterocycles. The Balaban J connectivity index is 1.21. The van der Waals surface area contributed by atoms with Gasteiger partial charge in [-0.25, -0.2) is 9.18 Å². The smallest absolute Gasteiger partial charge is 0.336 e. The Morgan fingerprint density at radius 2 is 1.84 bits per heavy atom. The number of halogens is 1. The van der Waals surface area contributed by atoms with Crippen LogP contribution in [-0.4, -0.2) is 67.8 Å². The fourth-order valence-electron chi connectivity index (χ4n) is 5.14. The zero-order valence-electron chi connectivity index (χ0n) is 18.6. The van der Waals surface area contributed by atoms with Crippen LogP contribution in [0.3, 0.4) is 0 Å². The van der Waals surface area contributed by atoms with Crippen molar-refractivity contribution in [3.05, 3.63) is 30.1 Å². The monoisotopic (exact) mass is 447 g/mol. The van der Waals surface area contributed by atoms with E-state index in [1.807, 2.05) is 12.1 Å². The van der Waals surface area contributed by atoms with Gasteiger partial charge in [0.2, 0.25) is 0 Å². The van der Waals surface area contributed by atoms with E-state index in [0.29, 0.717) is 37.5 Å². The van der Waals surface area contributed by atoms with Crippen molar-refractivity contribution in [3.63, 3.8) is 0 Å². The Morgan fingerprint density at radius 1 is 1.12 bits per heavy atom. The number of nitrogens with two attached hydrogens (primary N) is 1. The predicted molar refractivity (Wildman–Crippen MR) is 119 cm³/mol.